The average molecular weight is 718 g/mol. The van der Waals surface area contributed by atoms with Gasteiger partial charge in [0, 0.05) is 30.5 Å². The second-order valence-corrected chi connectivity index (χ2v) is 10.8. The van der Waals surface area contributed by atoms with Crippen molar-refractivity contribution in [1.29, 1.82) is 0 Å². The van der Waals surface area contributed by atoms with Crippen LogP contribution in [0.3, 0.4) is 0 Å². The van der Waals surface area contributed by atoms with Gasteiger partial charge >= 0.3 is 17.9 Å². The van der Waals surface area contributed by atoms with Gasteiger partial charge in [-0.05, 0) is 94.1 Å². The average Bonchev–Trinajstić information content (AvgIpc) is 3.06. The van der Waals surface area contributed by atoms with Crippen LogP contribution in [0.4, 0.5) is 0 Å². The molecule has 0 aliphatic carbocycles. The smallest absolute Gasteiger partial charge is 0.340 e. The van der Waals surface area contributed by atoms with Crippen LogP contribution in [0.15, 0.2) is 66.4 Å². The molecule has 1 aliphatic heterocycles. The molecule has 6 nitrogen and oxygen atoms in total. The fraction of sp³-hybridized carbons (Fsp3) is 0.125. The van der Waals surface area contributed by atoms with Crippen molar-refractivity contribution >= 4 is 81.6 Å². The zero-order chi connectivity index (χ0) is 24.8. The Morgan fingerprint density at radius 1 is 0.765 bits per heavy atom. The van der Waals surface area contributed by atoms with Crippen LogP contribution >= 0.6 is 63.7 Å². The highest BCUT2D eigenvalue weighted by atomic mass is 79.9. The van der Waals surface area contributed by atoms with E-state index in [1.54, 1.807) is 36.4 Å². The molecular weight excluding hydrogens is 704 g/mol. The van der Waals surface area contributed by atoms with E-state index in [0.29, 0.717) is 51.6 Å². The Morgan fingerprint density at radius 3 is 1.59 bits per heavy atom. The number of cyclic esters (lactones) is 1. The summed E-state index contributed by atoms with van der Waals surface area (Å²) in [4.78, 5) is 36.1. The SMILES string of the molecule is CC(=O)Oc1c(Br)cc(C2(c3cc(Br)c(OC(C)=O)c(Br)c3)OC(=O)c3ccccc32)cc1Br. The van der Waals surface area contributed by atoms with Crippen molar-refractivity contribution in [3.05, 3.63) is 88.7 Å². The molecule has 0 saturated carbocycles. The van der Waals surface area contributed by atoms with E-state index in [2.05, 4.69) is 63.7 Å². The molecule has 1 aliphatic rings. The zero-order valence-corrected chi connectivity index (χ0v) is 23.9. The molecule has 174 valence electrons. The van der Waals surface area contributed by atoms with E-state index < -0.39 is 23.5 Å². The number of rotatable bonds is 4. The fourth-order valence-electron chi connectivity index (χ4n) is 3.82. The summed E-state index contributed by atoms with van der Waals surface area (Å²) in [7, 11) is 0. The highest BCUT2D eigenvalue weighted by Gasteiger charge is 2.49. The first-order valence-corrected chi connectivity index (χ1v) is 12.9. The summed E-state index contributed by atoms with van der Waals surface area (Å²) >= 11 is 13.9. The molecule has 0 aromatic heterocycles. The predicted molar refractivity (Wildman–Crippen MR) is 138 cm³/mol. The minimum absolute atomic E-state index is 0.302. The van der Waals surface area contributed by atoms with Crippen molar-refractivity contribution in [1.82, 2.24) is 0 Å². The van der Waals surface area contributed by atoms with E-state index in [1.165, 1.54) is 13.8 Å². The van der Waals surface area contributed by atoms with Crippen molar-refractivity contribution < 1.29 is 28.6 Å². The maximum atomic E-state index is 13.0. The first-order chi connectivity index (χ1) is 16.0. The predicted octanol–water partition coefficient (Wildman–Crippen LogP) is 7.05. The standard InChI is InChI=1S/C24H14Br4O6/c1-11(29)32-21-17(25)7-13(8-18(21)26)24(16-6-4-3-5-15(16)23(31)34-24)14-9-19(27)22(20(28)10-14)33-12(2)30/h3-10H,1-2H3. The Morgan fingerprint density at radius 2 is 1.18 bits per heavy atom. The van der Waals surface area contributed by atoms with Gasteiger partial charge in [-0.1, -0.05) is 18.2 Å². The topological polar surface area (TPSA) is 78.9 Å². The number of hydrogen-bond donors (Lipinski definition) is 0. The molecule has 0 fully saturated rings. The third-order valence-corrected chi connectivity index (χ3v) is 7.43. The third-order valence-electron chi connectivity index (χ3n) is 5.07. The monoisotopic (exact) mass is 714 g/mol. The van der Waals surface area contributed by atoms with Crippen LogP contribution in [-0.2, 0) is 19.9 Å². The van der Waals surface area contributed by atoms with E-state index in [-0.39, 0.29) is 0 Å². The molecule has 0 bridgehead atoms. The van der Waals surface area contributed by atoms with E-state index in [4.69, 9.17) is 14.2 Å². The Kier molecular flexibility index (Phi) is 7.06. The Bertz CT molecular complexity index is 1250. The molecule has 10 heteroatoms. The fourth-order valence-corrected chi connectivity index (χ4v) is 6.52. The number of halogens is 4. The van der Waals surface area contributed by atoms with Gasteiger partial charge in [-0.3, -0.25) is 9.59 Å². The van der Waals surface area contributed by atoms with Crippen LogP contribution < -0.4 is 9.47 Å². The van der Waals surface area contributed by atoms with Gasteiger partial charge < -0.3 is 14.2 Å². The molecule has 3 aromatic rings. The van der Waals surface area contributed by atoms with Crippen molar-refractivity contribution in [2.75, 3.05) is 0 Å². The molecule has 0 spiro atoms. The molecule has 0 N–H and O–H groups in total. The molecule has 0 radical (unpaired) electrons. The summed E-state index contributed by atoms with van der Waals surface area (Å²) in [6.07, 6.45) is 0. The lowest BCUT2D eigenvalue weighted by molar-refractivity contribution is -0.132. The van der Waals surface area contributed by atoms with Gasteiger partial charge in [0.25, 0.3) is 0 Å². The van der Waals surface area contributed by atoms with E-state index >= 15 is 0 Å². The number of fused-ring (bicyclic) bond motifs is 1. The molecule has 1 heterocycles. The van der Waals surface area contributed by atoms with Crippen molar-refractivity contribution in [3.63, 3.8) is 0 Å². The zero-order valence-electron chi connectivity index (χ0n) is 17.6. The Labute approximate surface area is 228 Å². The van der Waals surface area contributed by atoms with Crippen LogP contribution in [0.5, 0.6) is 11.5 Å². The van der Waals surface area contributed by atoms with Gasteiger partial charge in [0.1, 0.15) is 0 Å². The van der Waals surface area contributed by atoms with Crippen molar-refractivity contribution in [2.45, 2.75) is 19.4 Å². The van der Waals surface area contributed by atoms with Gasteiger partial charge in [0.15, 0.2) is 17.1 Å². The first kappa shape index (κ1) is 25.1. The van der Waals surface area contributed by atoms with Crippen LogP contribution in [-0.4, -0.2) is 17.9 Å². The highest BCUT2D eigenvalue weighted by Crippen LogP contribution is 2.51. The van der Waals surface area contributed by atoms with E-state index in [1.807, 2.05) is 12.1 Å². The lowest BCUT2D eigenvalue weighted by Crippen LogP contribution is -2.30. The second kappa shape index (κ2) is 9.56. The van der Waals surface area contributed by atoms with Gasteiger partial charge in [0.2, 0.25) is 0 Å². The molecule has 4 rings (SSSR count). The van der Waals surface area contributed by atoms with Crippen molar-refractivity contribution in [2.24, 2.45) is 0 Å². The van der Waals surface area contributed by atoms with E-state index in [9.17, 15) is 14.4 Å². The summed E-state index contributed by atoms with van der Waals surface area (Å²) < 4.78 is 18.7. The van der Waals surface area contributed by atoms with Gasteiger partial charge in [0.05, 0.1) is 23.5 Å². The molecule has 0 unspecified atom stereocenters. The minimum Gasteiger partial charge on any atom is -0.441 e. The number of hydrogen-bond acceptors (Lipinski definition) is 6. The third kappa shape index (κ3) is 4.36. The largest absolute Gasteiger partial charge is 0.441 e. The molecule has 34 heavy (non-hydrogen) atoms. The molecular formula is C24H14Br4O6. The van der Waals surface area contributed by atoms with Crippen LogP contribution in [0.2, 0.25) is 0 Å². The summed E-state index contributed by atoms with van der Waals surface area (Å²) in [6, 6.07) is 14.1. The quantitative estimate of drug-likeness (QED) is 0.213. The summed E-state index contributed by atoms with van der Waals surface area (Å²) in [5.74, 6) is -0.831. The molecule has 0 atom stereocenters. The van der Waals surface area contributed by atoms with E-state index in [0.717, 1.165) is 0 Å². The molecule has 3 aromatic carbocycles. The van der Waals surface area contributed by atoms with Crippen molar-refractivity contribution in [3.8, 4) is 11.5 Å². The number of ether oxygens (including phenoxy) is 3. The summed E-state index contributed by atoms with van der Waals surface area (Å²) in [5, 5.41) is 0. The number of carbonyl (C=O) groups excluding carboxylic acids is 3. The summed E-state index contributed by atoms with van der Waals surface area (Å²) in [5.41, 5.74) is 0.917. The summed E-state index contributed by atoms with van der Waals surface area (Å²) in [6.45, 7) is 2.62. The molecule has 0 saturated heterocycles. The Balaban J connectivity index is 2.02. The normalized spacial score (nSPS) is 13.8. The Hall–Kier alpha value is -2.01. The van der Waals surface area contributed by atoms with Crippen LogP contribution in [0, 0.1) is 0 Å². The van der Waals surface area contributed by atoms with Gasteiger partial charge in [-0.25, -0.2) is 4.79 Å². The minimum atomic E-state index is -1.34. The van der Waals surface area contributed by atoms with Gasteiger partial charge in [-0.15, -0.1) is 0 Å². The maximum Gasteiger partial charge on any atom is 0.340 e. The van der Waals surface area contributed by atoms with Crippen LogP contribution in [0.1, 0.15) is 40.9 Å². The first-order valence-electron chi connectivity index (χ1n) is 9.73. The second-order valence-electron chi connectivity index (χ2n) is 7.34. The van der Waals surface area contributed by atoms with Crippen LogP contribution in [0.25, 0.3) is 0 Å². The number of esters is 3. The lowest BCUT2D eigenvalue weighted by Gasteiger charge is -2.31. The van der Waals surface area contributed by atoms with Gasteiger partial charge in [-0.2, -0.15) is 0 Å². The number of carbonyl (C=O) groups is 3. The lowest BCUT2D eigenvalue weighted by atomic mass is 9.80. The number of benzene rings is 3. The molecule has 0 amide bonds. The maximum absolute atomic E-state index is 13.0. The highest BCUT2D eigenvalue weighted by molar-refractivity contribution is 9.11.